The minimum atomic E-state index is 0.457. The predicted octanol–water partition coefficient (Wildman–Crippen LogP) is 3.26. The van der Waals surface area contributed by atoms with Gasteiger partial charge in [0.05, 0.1) is 23.3 Å². The van der Waals surface area contributed by atoms with E-state index in [2.05, 4.69) is 59.7 Å². The maximum absolute atomic E-state index is 4.85. The van der Waals surface area contributed by atoms with Crippen molar-refractivity contribution in [1.82, 2.24) is 24.2 Å². The van der Waals surface area contributed by atoms with Gasteiger partial charge in [-0.1, -0.05) is 12.1 Å². The summed E-state index contributed by atoms with van der Waals surface area (Å²) in [6.07, 6.45) is 2.44. The molecule has 1 saturated heterocycles. The van der Waals surface area contributed by atoms with Gasteiger partial charge < -0.3 is 4.57 Å². The van der Waals surface area contributed by atoms with Crippen LogP contribution in [0.25, 0.3) is 11.0 Å². The van der Waals surface area contributed by atoms with Crippen molar-refractivity contribution in [3.05, 3.63) is 47.0 Å². The smallest absolute Gasteiger partial charge is 0.123 e. The number of nitrogens with zero attached hydrogens (tertiary/aromatic N) is 5. The minimum Gasteiger partial charge on any atom is -0.330 e. The third kappa shape index (κ3) is 2.35. The first-order chi connectivity index (χ1) is 11.6. The second kappa shape index (κ2) is 5.74. The lowest BCUT2D eigenvalue weighted by Gasteiger charge is -2.24. The summed E-state index contributed by atoms with van der Waals surface area (Å²) in [7, 11) is 4.16. The van der Waals surface area contributed by atoms with Crippen LogP contribution in [0.4, 0.5) is 0 Å². The fourth-order valence-electron chi connectivity index (χ4n) is 4.13. The number of aromatic nitrogens is 4. The quantitative estimate of drug-likeness (QED) is 0.742. The van der Waals surface area contributed by atoms with Gasteiger partial charge in [0.1, 0.15) is 5.82 Å². The molecular formula is C19H25N5. The molecule has 2 aromatic heterocycles. The van der Waals surface area contributed by atoms with E-state index in [1.807, 2.05) is 11.7 Å². The second-order valence-electron chi connectivity index (χ2n) is 6.91. The molecule has 24 heavy (non-hydrogen) atoms. The Morgan fingerprint density at radius 2 is 1.96 bits per heavy atom. The van der Waals surface area contributed by atoms with Crippen molar-refractivity contribution >= 4 is 11.0 Å². The number of hydrogen-bond acceptors (Lipinski definition) is 3. The second-order valence-corrected chi connectivity index (χ2v) is 6.91. The van der Waals surface area contributed by atoms with Crippen LogP contribution < -0.4 is 0 Å². The van der Waals surface area contributed by atoms with E-state index < -0.39 is 0 Å². The molecule has 1 aliphatic rings. The first-order valence-corrected chi connectivity index (χ1v) is 8.70. The van der Waals surface area contributed by atoms with Crippen molar-refractivity contribution in [1.29, 1.82) is 0 Å². The third-order valence-corrected chi connectivity index (χ3v) is 5.49. The zero-order valence-electron chi connectivity index (χ0n) is 15.0. The highest BCUT2D eigenvalue weighted by Gasteiger charge is 2.31. The van der Waals surface area contributed by atoms with Crippen LogP contribution in [0.5, 0.6) is 0 Å². The predicted molar refractivity (Wildman–Crippen MR) is 95.8 cm³/mol. The number of imidazole rings is 1. The summed E-state index contributed by atoms with van der Waals surface area (Å²) in [5.41, 5.74) is 6.15. The van der Waals surface area contributed by atoms with E-state index in [0.717, 1.165) is 30.1 Å². The van der Waals surface area contributed by atoms with Crippen molar-refractivity contribution in [2.45, 2.75) is 39.3 Å². The van der Waals surface area contributed by atoms with Gasteiger partial charge >= 0.3 is 0 Å². The maximum Gasteiger partial charge on any atom is 0.123 e. The van der Waals surface area contributed by atoms with Crippen LogP contribution in [0, 0.1) is 13.8 Å². The molecule has 0 amide bonds. The fraction of sp³-hybridized carbons (Fsp3) is 0.474. The van der Waals surface area contributed by atoms with Crippen LogP contribution >= 0.6 is 0 Å². The Morgan fingerprint density at radius 1 is 1.17 bits per heavy atom. The molecule has 126 valence electrons. The van der Waals surface area contributed by atoms with Gasteiger partial charge in [-0.15, -0.1) is 0 Å². The van der Waals surface area contributed by atoms with Crippen LogP contribution in [0.3, 0.4) is 0 Å². The molecule has 0 radical (unpaired) electrons. The molecule has 0 bridgehead atoms. The van der Waals surface area contributed by atoms with Crippen molar-refractivity contribution in [2.75, 3.05) is 6.54 Å². The summed E-state index contributed by atoms with van der Waals surface area (Å²) in [6.45, 7) is 6.33. The molecule has 0 aliphatic carbocycles. The van der Waals surface area contributed by atoms with Gasteiger partial charge in [0.25, 0.3) is 0 Å². The average molecular weight is 323 g/mol. The Balaban J connectivity index is 1.66. The topological polar surface area (TPSA) is 38.9 Å². The summed E-state index contributed by atoms with van der Waals surface area (Å²) >= 11 is 0. The standard InChI is InChI=1S/C19H25N5/c1-13-19(14(2)23(4)21-13)17-10-7-11-24(17)12-18-20-15-8-5-6-9-16(15)22(18)3/h5-6,8-9,17H,7,10-12H2,1-4H3/t17-/m0/s1. The van der Waals surface area contributed by atoms with E-state index in [1.165, 1.54) is 29.6 Å². The average Bonchev–Trinajstić information content (AvgIpc) is 3.20. The first-order valence-electron chi connectivity index (χ1n) is 8.70. The maximum atomic E-state index is 4.85. The van der Waals surface area contributed by atoms with Gasteiger partial charge in [0, 0.05) is 31.4 Å². The highest BCUT2D eigenvalue weighted by atomic mass is 15.3. The lowest BCUT2D eigenvalue weighted by atomic mass is 10.0. The van der Waals surface area contributed by atoms with E-state index in [-0.39, 0.29) is 0 Å². The number of hydrogen-bond donors (Lipinski definition) is 0. The van der Waals surface area contributed by atoms with Crippen molar-refractivity contribution in [2.24, 2.45) is 14.1 Å². The lowest BCUT2D eigenvalue weighted by molar-refractivity contribution is 0.239. The van der Waals surface area contributed by atoms with Crippen molar-refractivity contribution < 1.29 is 0 Å². The summed E-state index contributed by atoms with van der Waals surface area (Å²) in [5.74, 6) is 1.14. The molecule has 0 saturated carbocycles. The molecule has 0 spiro atoms. The summed E-state index contributed by atoms with van der Waals surface area (Å²) < 4.78 is 4.24. The van der Waals surface area contributed by atoms with Crippen LogP contribution in [0.1, 0.15) is 41.7 Å². The van der Waals surface area contributed by atoms with E-state index >= 15 is 0 Å². The number of likely N-dealkylation sites (tertiary alicyclic amines) is 1. The molecule has 1 aromatic carbocycles. The summed E-state index contributed by atoms with van der Waals surface area (Å²) in [6, 6.07) is 8.83. The SMILES string of the molecule is Cc1nn(C)c(C)c1[C@@H]1CCCN1Cc1nc2ccccc2n1C. The molecule has 5 nitrogen and oxygen atoms in total. The molecule has 1 fully saturated rings. The van der Waals surface area contributed by atoms with Gasteiger partial charge in [-0.2, -0.15) is 5.10 Å². The Labute approximate surface area is 142 Å². The molecule has 1 atom stereocenters. The lowest BCUT2D eigenvalue weighted by Crippen LogP contribution is -2.25. The Kier molecular flexibility index (Phi) is 3.68. The van der Waals surface area contributed by atoms with Crippen molar-refractivity contribution in [3.8, 4) is 0 Å². The van der Waals surface area contributed by atoms with E-state index in [0.29, 0.717) is 6.04 Å². The van der Waals surface area contributed by atoms with E-state index in [4.69, 9.17) is 4.98 Å². The number of para-hydroxylation sites is 2. The minimum absolute atomic E-state index is 0.457. The molecule has 1 aliphatic heterocycles. The van der Waals surface area contributed by atoms with Crippen molar-refractivity contribution in [3.63, 3.8) is 0 Å². The molecule has 3 heterocycles. The summed E-state index contributed by atoms with van der Waals surface area (Å²) in [4.78, 5) is 7.42. The first kappa shape index (κ1) is 15.4. The molecule has 3 aromatic rings. The zero-order chi connectivity index (χ0) is 16.8. The highest BCUT2D eigenvalue weighted by molar-refractivity contribution is 5.75. The van der Waals surface area contributed by atoms with Gasteiger partial charge in [0.15, 0.2) is 0 Å². The van der Waals surface area contributed by atoms with Crippen LogP contribution in [0.2, 0.25) is 0 Å². The van der Waals surface area contributed by atoms with Crippen LogP contribution in [0.15, 0.2) is 24.3 Å². The molecular weight excluding hydrogens is 298 g/mol. The van der Waals surface area contributed by atoms with Crippen LogP contribution in [-0.4, -0.2) is 30.8 Å². The van der Waals surface area contributed by atoms with E-state index in [1.54, 1.807) is 0 Å². The van der Waals surface area contributed by atoms with Gasteiger partial charge in [-0.25, -0.2) is 4.98 Å². The number of fused-ring (bicyclic) bond motifs is 1. The fourth-order valence-corrected chi connectivity index (χ4v) is 4.13. The largest absolute Gasteiger partial charge is 0.330 e. The van der Waals surface area contributed by atoms with Gasteiger partial charge in [-0.05, 0) is 45.4 Å². The zero-order valence-corrected chi connectivity index (χ0v) is 15.0. The molecule has 4 rings (SSSR count). The summed E-state index contributed by atoms with van der Waals surface area (Å²) in [5, 5.41) is 4.62. The monoisotopic (exact) mass is 323 g/mol. The van der Waals surface area contributed by atoms with E-state index in [9.17, 15) is 0 Å². The van der Waals surface area contributed by atoms with Crippen LogP contribution in [-0.2, 0) is 20.6 Å². The molecule has 0 N–H and O–H groups in total. The number of rotatable bonds is 3. The van der Waals surface area contributed by atoms with Gasteiger partial charge in [-0.3, -0.25) is 9.58 Å². The number of aryl methyl sites for hydroxylation is 3. The molecule has 0 unspecified atom stereocenters. The Morgan fingerprint density at radius 3 is 2.67 bits per heavy atom. The normalized spacial score (nSPS) is 18.8. The van der Waals surface area contributed by atoms with Gasteiger partial charge in [0.2, 0.25) is 0 Å². The number of benzene rings is 1. The highest BCUT2D eigenvalue weighted by Crippen LogP contribution is 2.36. The Hall–Kier alpha value is -2.14. The molecule has 5 heteroatoms. The Bertz CT molecular complexity index is 889. The third-order valence-electron chi connectivity index (χ3n) is 5.49.